The Balaban J connectivity index is 2.18. The number of rotatable bonds is 5. The molecule has 0 amide bonds. The van der Waals surface area contributed by atoms with Crippen LogP contribution in [0.3, 0.4) is 0 Å². The van der Waals surface area contributed by atoms with Crippen molar-refractivity contribution in [2.75, 3.05) is 7.11 Å². The van der Waals surface area contributed by atoms with Crippen molar-refractivity contribution in [3.05, 3.63) is 57.6 Å². The highest BCUT2D eigenvalue weighted by atomic mass is 79.9. The maximum atomic E-state index is 5.90. The molecule has 2 aromatic rings. The molecule has 0 saturated heterocycles. The summed E-state index contributed by atoms with van der Waals surface area (Å²) in [6.45, 7) is 2.59. The number of hydrogen-bond donors (Lipinski definition) is 0. The van der Waals surface area contributed by atoms with Crippen LogP contribution in [0.2, 0.25) is 0 Å². The summed E-state index contributed by atoms with van der Waals surface area (Å²) in [4.78, 5) is 0. The van der Waals surface area contributed by atoms with E-state index < -0.39 is 0 Å². The molecule has 0 atom stereocenters. The quantitative estimate of drug-likeness (QED) is 0.640. The van der Waals surface area contributed by atoms with Crippen LogP contribution < -0.4 is 9.47 Å². The molecular weight excluding hydrogens is 384 g/mol. The van der Waals surface area contributed by atoms with Crippen molar-refractivity contribution < 1.29 is 9.47 Å². The van der Waals surface area contributed by atoms with Crippen LogP contribution in [0.5, 0.6) is 11.5 Å². The minimum absolute atomic E-state index is 0.517. The fourth-order valence-electron chi connectivity index (χ4n) is 1.83. The maximum Gasteiger partial charge on any atom is 0.175 e. The molecule has 0 radical (unpaired) electrons. The first kappa shape index (κ1) is 15.4. The normalized spacial score (nSPS) is 10.4. The zero-order valence-corrected chi connectivity index (χ0v) is 14.6. The van der Waals surface area contributed by atoms with Gasteiger partial charge in [-0.1, -0.05) is 45.8 Å². The average Bonchev–Trinajstić information content (AvgIpc) is 2.47. The molecule has 0 aromatic heterocycles. The van der Waals surface area contributed by atoms with Gasteiger partial charge < -0.3 is 9.47 Å². The largest absolute Gasteiger partial charge is 0.493 e. The molecule has 0 fully saturated rings. The summed E-state index contributed by atoms with van der Waals surface area (Å²) in [5, 5.41) is 0.778. The summed E-state index contributed by atoms with van der Waals surface area (Å²) < 4.78 is 12.2. The number of aryl methyl sites for hydroxylation is 1. The third kappa shape index (κ3) is 3.76. The van der Waals surface area contributed by atoms with Gasteiger partial charge in [0.25, 0.3) is 0 Å². The minimum atomic E-state index is 0.517. The Morgan fingerprint density at radius 3 is 2.35 bits per heavy atom. The van der Waals surface area contributed by atoms with Crippen molar-refractivity contribution in [3.8, 4) is 11.5 Å². The van der Waals surface area contributed by atoms with E-state index in [1.54, 1.807) is 7.11 Å². The van der Waals surface area contributed by atoms with E-state index in [4.69, 9.17) is 9.47 Å². The molecule has 2 rings (SSSR count). The monoisotopic (exact) mass is 398 g/mol. The van der Waals surface area contributed by atoms with Gasteiger partial charge in [-0.2, -0.15) is 0 Å². The number of benzene rings is 2. The SMILES string of the molecule is COc1cc(CBr)cc(Br)c1OCc1ccc(C)cc1. The van der Waals surface area contributed by atoms with Gasteiger partial charge in [-0.05, 0) is 46.1 Å². The van der Waals surface area contributed by atoms with E-state index in [1.165, 1.54) is 5.56 Å². The second-order valence-corrected chi connectivity index (χ2v) is 5.93. The molecule has 2 nitrogen and oxygen atoms in total. The number of ether oxygens (including phenoxy) is 2. The molecule has 0 aliphatic carbocycles. The van der Waals surface area contributed by atoms with Gasteiger partial charge in [-0.15, -0.1) is 0 Å². The first-order valence-electron chi connectivity index (χ1n) is 6.24. The molecule has 106 valence electrons. The van der Waals surface area contributed by atoms with Gasteiger partial charge in [-0.25, -0.2) is 0 Å². The summed E-state index contributed by atoms with van der Waals surface area (Å²) >= 11 is 6.98. The first-order chi connectivity index (χ1) is 9.63. The van der Waals surface area contributed by atoms with Crippen LogP contribution in [0.1, 0.15) is 16.7 Å². The fourth-order valence-corrected chi connectivity index (χ4v) is 2.76. The summed E-state index contributed by atoms with van der Waals surface area (Å²) in [5.41, 5.74) is 3.51. The number of alkyl halides is 1. The van der Waals surface area contributed by atoms with Crippen LogP contribution in [0.4, 0.5) is 0 Å². The van der Waals surface area contributed by atoms with Crippen LogP contribution in [0.15, 0.2) is 40.9 Å². The average molecular weight is 400 g/mol. The number of hydrogen-bond acceptors (Lipinski definition) is 2. The molecule has 0 bridgehead atoms. The van der Waals surface area contributed by atoms with Gasteiger partial charge >= 0.3 is 0 Å². The molecule has 0 N–H and O–H groups in total. The molecule has 0 saturated carbocycles. The van der Waals surface area contributed by atoms with E-state index in [0.717, 1.165) is 32.4 Å². The first-order valence-corrected chi connectivity index (χ1v) is 8.16. The molecule has 4 heteroatoms. The number of halogens is 2. The zero-order valence-electron chi connectivity index (χ0n) is 11.5. The summed E-state index contributed by atoms with van der Waals surface area (Å²) in [6, 6.07) is 12.3. The van der Waals surface area contributed by atoms with Crippen molar-refractivity contribution in [1.82, 2.24) is 0 Å². The Morgan fingerprint density at radius 1 is 1.05 bits per heavy atom. The molecule has 0 spiro atoms. The molecule has 2 aromatic carbocycles. The van der Waals surface area contributed by atoms with Crippen molar-refractivity contribution in [2.24, 2.45) is 0 Å². The lowest BCUT2D eigenvalue weighted by Crippen LogP contribution is -1.99. The van der Waals surface area contributed by atoms with Crippen molar-refractivity contribution in [2.45, 2.75) is 18.9 Å². The Bertz CT molecular complexity index is 580. The van der Waals surface area contributed by atoms with Gasteiger partial charge in [0.1, 0.15) is 6.61 Å². The lowest BCUT2D eigenvalue weighted by Gasteiger charge is -2.14. The molecule has 0 heterocycles. The highest BCUT2D eigenvalue weighted by Gasteiger charge is 2.11. The summed E-state index contributed by atoms with van der Waals surface area (Å²) in [7, 11) is 1.65. The van der Waals surface area contributed by atoms with Crippen LogP contribution in [-0.2, 0) is 11.9 Å². The summed E-state index contributed by atoms with van der Waals surface area (Å²) in [6.07, 6.45) is 0. The fraction of sp³-hybridized carbons (Fsp3) is 0.250. The Morgan fingerprint density at radius 2 is 1.75 bits per heavy atom. The van der Waals surface area contributed by atoms with Crippen LogP contribution >= 0.6 is 31.9 Å². The third-order valence-electron chi connectivity index (χ3n) is 2.95. The Labute approximate surface area is 136 Å². The summed E-state index contributed by atoms with van der Waals surface area (Å²) in [5.74, 6) is 1.47. The lowest BCUT2D eigenvalue weighted by molar-refractivity contribution is 0.282. The van der Waals surface area contributed by atoms with Crippen LogP contribution in [0.25, 0.3) is 0 Å². The van der Waals surface area contributed by atoms with Gasteiger partial charge in [0.2, 0.25) is 0 Å². The molecule has 0 unspecified atom stereocenters. The van der Waals surface area contributed by atoms with Crippen LogP contribution in [-0.4, -0.2) is 7.11 Å². The van der Waals surface area contributed by atoms with Gasteiger partial charge in [0, 0.05) is 5.33 Å². The minimum Gasteiger partial charge on any atom is -0.493 e. The van der Waals surface area contributed by atoms with Gasteiger partial charge in [-0.3, -0.25) is 0 Å². The maximum absolute atomic E-state index is 5.90. The zero-order chi connectivity index (χ0) is 14.5. The molecule has 20 heavy (non-hydrogen) atoms. The van der Waals surface area contributed by atoms with Crippen LogP contribution in [0, 0.1) is 6.92 Å². The number of methoxy groups -OCH3 is 1. The van der Waals surface area contributed by atoms with E-state index in [9.17, 15) is 0 Å². The van der Waals surface area contributed by atoms with E-state index in [1.807, 2.05) is 12.1 Å². The highest BCUT2D eigenvalue weighted by Crippen LogP contribution is 2.37. The smallest absolute Gasteiger partial charge is 0.175 e. The second kappa shape index (κ2) is 7.14. The second-order valence-electron chi connectivity index (χ2n) is 4.52. The van der Waals surface area contributed by atoms with Crippen molar-refractivity contribution >= 4 is 31.9 Å². The van der Waals surface area contributed by atoms with Gasteiger partial charge in [0.15, 0.2) is 11.5 Å². The molecule has 0 aliphatic rings. The predicted molar refractivity (Wildman–Crippen MR) is 88.8 cm³/mol. The predicted octanol–water partition coefficient (Wildman–Crippen LogP) is 5.24. The van der Waals surface area contributed by atoms with Gasteiger partial charge in [0.05, 0.1) is 11.6 Å². The molecule has 0 aliphatic heterocycles. The van der Waals surface area contributed by atoms with Crippen molar-refractivity contribution in [3.63, 3.8) is 0 Å². The Hall–Kier alpha value is -1.00. The highest BCUT2D eigenvalue weighted by molar-refractivity contribution is 9.10. The van der Waals surface area contributed by atoms with E-state index in [-0.39, 0.29) is 0 Å². The van der Waals surface area contributed by atoms with E-state index >= 15 is 0 Å². The topological polar surface area (TPSA) is 18.5 Å². The van der Waals surface area contributed by atoms with E-state index in [2.05, 4.69) is 63.0 Å². The molecular formula is C16H16Br2O2. The Kier molecular flexibility index (Phi) is 5.49. The standard InChI is InChI=1S/C16H16Br2O2/c1-11-3-5-12(6-4-11)10-20-16-14(18)7-13(9-17)8-15(16)19-2/h3-8H,9-10H2,1-2H3. The third-order valence-corrected chi connectivity index (χ3v) is 4.18. The van der Waals surface area contributed by atoms with Crippen molar-refractivity contribution in [1.29, 1.82) is 0 Å². The van der Waals surface area contributed by atoms with E-state index in [0.29, 0.717) is 6.61 Å². The lowest BCUT2D eigenvalue weighted by atomic mass is 10.2.